The zero-order valence-electron chi connectivity index (χ0n) is 8.19. The Morgan fingerprint density at radius 2 is 2.00 bits per heavy atom. The first kappa shape index (κ1) is 11.0. The summed E-state index contributed by atoms with van der Waals surface area (Å²) in [6.07, 6.45) is 1.61. The number of carbonyl (C=O) groups is 2. The number of rotatable bonds is 4. The molecule has 0 heterocycles. The summed E-state index contributed by atoms with van der Waals surface area (Å²) in [4.78, 5) is 23.9. The molecule has 1 saturated carbocycles. The maximum atomic E-state index is 11.7. The van der Waals surface area contributed by atoms with Gasteiger partial charge in [0.1, 0.15) is 5.41 Å². The van der Waals surface area contributed by atoms with Gasteiger partial charge < -0.3 is 15.1 Å². The summed E-state index contributed by atoms with van der Waals surface area (Å²) < 4.78 is 0. The van der Waals surface area contributed by atoms with Gasteiger partial charge in [-0.1, -0.05) is 6.42 Å². The molecule has 1 aliphatic carbocycles. The molecule has 0 unspecified atom stereocenters. The third kappa shape index (κ3) is 1.59. The lowest BCUT2D eigenvalue weighted by Crippen LogP contribution is -2.52. The molecular weight excluding hydrogens is 186 g/mol. The van der Waals surface area contributed by atoms with Crippen molar-refractivity contribution in [1.29, 1.82) is 0 Å². The molecular formula is C9H15NO4. The van der Waals surface area contributed by atoms with E-state index in [1.807, 2.05) is 0 Å². The van der Waals surface area contributed by atoms with Gasteiger partial charge in [-0.3, -0.25) is 9.59 Å². The monoisotopic (exact) mass is 201 g/mol. The first-order valence-electron chi connectivity index (χ1n) is 4.64. The molecule has 5 heteroatoms. The Bertz CT molecular complexity index is 247. The summed E-state index contributed by atoms with van der Waals surface area (Å²) in [7, 11) is 1.52. The van der Waals surface area contributed by atoms with Gasteiger partial charge in [-0.15, -0.1) is 0 Å². The zero-order chi connectivity index (χ0) is 10.8. The van der Waals surface area contributed by atoms with E-state index < -0.39 is 11.4 Å². The van der Waals surface area contributed by atoms with Crippen molar-refractivity contribution >= 4 is 11.9 Å². The third-order valence-corrected chi connectivity index (χ3v) is 2.81. The number of hydrogen-bond acceptors (Lipinski definition) is 3. The van der Waals surface area contributed by atoms with Crippen molar-refractivity contribution in [1.82, 2.24) is 4.90 Å². The van der Waals surface area contributed by atoms with E-state index in [-0.39, 0.29) is 19.1 Å². The summed E-state index contributed by atoms with van der Waals surface area (Å²) in [5.41, 5.74) is -1.20. The van der Waals surface area contributed by atoms with Crippen LogP contribution in [0.1, 0.15) is 19.3 Å². The largest absolute Gasteiger partial charge is 0.480 e. The average molecular weight is 201 g/mol. The second-order valence-corrected chi connectivity index (χ2v) is 3.69. The molecule has 1 fully saturated rings. The van der Waals surface area contributed by atoms with Crippen LogP contribution in [0.5, 0.6) is 0 Å². The van der Waals surface area contributed by atoms with Crippen LogP contribution in [-0.4, -0.2) is 47.2 Å². The maximum absolute atomic E-state index is 11.7. The van der Waals surface area contributed by atoms with Gasteiger partial charge in [0.25, 0.3) is 0 Å². The lowest BCUT2D eigenvalue weighted by Gasteiger charge is -2.38. The smallest absolute Gasteiger partial charge is 0.319 e. The van der Waals surface area contributed by atoms with Crippen LogP contribution in [-0.2, 0) is 9.59 Å². The minimum atomic E-state index is -1.20. The number of carbonyl (C=O) groups excluding carboxylic acids is 1. The first-order valence-corrected chi connectivity index (χ1v) is 4.64. The van der Waals surface area contributed by atoms with E-state index in [0.717, 1.165) is 6.42 Å². The number of hydrogen-bond donors (Lipinski definition) is 2. The number of carboxylic acids is 1. The molecule has 1 aliphatic rings. The summed E-state index contributed by atoms with van der Waals surface area (Å²) in [6, 6.07) is 0. The fourth-order valence-corrected chi connectivity index (χ4v) is 1.67. The second-order valence-electron chi connectivity index (χ2n) is 3.69. The van der Waals surface area contributed by atoms with Gasteiger partial charge >= 0.3 is 5.97 Å². The predicted molar refractivity (Wildman–Crippen MR) is 48.6 cm³/mol. The van der Waals surface area contributed by atoms with E-state index in [0.29, 0.717) is 12.8 Å². The van der Waals surface area contributed by atoms with Crippen LogP contribution < -0.4 is 0 Å². The van der Waals surface area contributed by atoms with E-state index in [1.54, 1.807) is 0 Å². The Morgan fingerprint density at radius 3 is 2.29 bits per heavy atom. The molecule has 0 aromatic carbocycles. The highest BCUT2D eigenvalue weighted by Gasteiger charge is 2.52. The van der Waals surface area contributed by atoms with Crippen LogP contribution in [0.15, 0.2) is 0 Å². The molecule has 2 N–H and O–H groups in total. The Balaban J connectivity index is 2.70. The SMILES string of the molecule is CN(CCO)C(=O)C1(C(=O)O)CCC1. The fraction of sp³-hybridized carbons (Fsp3) is 0.778. The van der Waals surface area contributed by atoms with Crippen molar-refractivity contribution in [2.75, 3.05) is 20.2 Å². The number of carboxylic acid groups (broad SMARTS) is 1. The molecule has 5 nitrogen and oxygen atoms in total. The second kappa shape index (κ2) is 3.96. The Kier molecular flexibility index (Phi) is 3.10. The highest BCUT2D eigenvalue weighted by atomic mass is 16.4. The molecule has 0 aromatic heterocycles. The standard InChI is InChI=1S/C9H15NO4/c1-10(5-6-11)7(12)9(8(13)14)3-2-4-9/h11H,2-6H2,1H3,(H,13,14). The van der Waals surface area contributed by atoms with Crippen molar-refractivity contribution in [2.45, 2.75) is 19.3 Å². The van der Waals surface area contributed by atoms with E-state index >= 15 is 0 Å². The first-order chi connectivity index (χ1) is 6.54. The van der Waals surface area contributed by atoms with Crippen LogP contribution in [0.25, 0.3) is 0 Å². The van der Waals surface area contributed by atoms with Gasteiger partial charge in [0.2, 0.25) is 5.91 Å². The molecule has 0 spiro atoms. The normalized spacial score (nSPS) is 18.4. The zero-order valence-corrected chi connectivity index (χ0v) is 8.19. The molecule has 80 valence electrons. The third-order valence-electron chi connectivity index (χ3n) is 2.81. The molecule has 0 aromatic rings. The molecule has 0 aliphatic heterocycles. The molecule has 14 heavy (non-hydrogen) atoms. The lowest BCUT2D eigenvalue weighted by atomic mass is 9.68. The number of nitrogens with zero attached hydrogens (tertiary/aromatic N) is 1. The molecule has 0 radical (unpaired) electrons. The molecule has 1 amide bonds. The predicted octanol–water partition coefficient (Wildman–Crippen LogP) is -0.308. The van der Waals surface area contributed by atoms with Crippen LogP contribution >= 0.6 is 0 Å². The van der Waals surface area contributed by atoms with Gasteiger partial charge in [0.15, 0.2) is 0 Å². The minimum Gasteiger partial charge on any atom is -0.480 e. The van der Waals surface area contributed by atoms with Crippen molar-refractivity contribution < 1.29 is 19.8 Å². The van der Waals surface area contributed by atoms with E-state index in [4.69, 9.17) is 10.2 Å². The van der Waals surface area contributed by atoms with E-state index in [2.05, 4.69) is 0 Å². The van der Waals surface area contributed by atoms with E-state index in [1.165, 1.54) is 11.9 Å². The van der Waals surface area contributed by atoms with Gasteiger partial charge in [-0.25, -0.2) is 0 Å². The molecule has 0 bridgehead atoms. The summed E-state index contributed by atoms with van der Waals surface area (Å²) in [5.74, 6) is -1.43. The number of likely N-dealkylation sites (N-methyl/N-ethyl adjacent to an activating group) is 1. The van der Waals surface area contributed by atoms with Crippen LogP contribution in [0.3, 0.4) is 0 Å². The Morgan fingerprint density at radius 1 is 1.43 bits per heavy atom. The van der Waals surface area contributed by atoms with Gasteiger partial charge in [-0.05, 0) is 12.8 Å². The number of amides is 1. The fourth-order valence-electron chi connectivity index (χ4n) is 1.67. The van der Waals surface area contributed by atoms with Crippen LogP contribution in [0.4, 0.5) is 0 Å². The van der Waals surface area contributed by atoms with Crippen LogP contribution in [0.2, 0.25) is 0 Å². The lowest BCUT2D eigenvalue weighted by molar-refractivity contribution is -0.167. The molecule has 0 saturated heterocycles. The van der Waals surface area contributed by atoms with Crippen LogP contribution in [0, 0.1) is 5.41 Å². The average Bonchev–Trinajstić information content (AvgIpc) is 2.01. The van der Waals surface area contributed by atoms with Gasteiger partial charge in [0, 0.05) is 13.6 Å². The highest BCUT2D eigenvalue weighted by molar-refractivity contribution is 6.02. The van der Waals surface area contributed by atoms with Crippen molar-refractivity contribution in [3.63, 3.8) is 0 Å². The number of aliphatic hydroxyl groups excluding tert-OH is 1. The number of aliphatic carboxylic acids is 1. The topological polar surface area (TPSA) is 77.8 Å². The molecule has 1 rings (SSSR count). The maximum Gasteiger partial charge on any atom is 0.319 e. The number of aliphatic hydroxyl groups is 1. The summed E-state index contributed by atoms with van der Waals surface area (Å²) in [5, 5.41) is 17.6. The van der Waals surface area contributed by atoms with Crippen molar-refractivity contribution in [3.8, 4) is 0 Å². The minimum absolute atomic E-state index is 0.141. The Hall–Kier alpha value is -1.10. The van der Waals surface area contributed by atoms with Gasteiger partial charge in [-0.2, -0.15) is 0 Å². The van der Waals surface area contributed by atoms with Crippen molar-refractivity contribution in [3.05, 3.63) is 0 Å². The highest BCUT2D eigenvalue weighted by Crippen LogP contribution is 2.42. The molecule has 0 atom stereocenters. The van der Waals surface area contributed by atoms with Crippen molar-refractivity contribution in [2.24, 2.45) is 5.41 Å². The van der Waals surface area contributed by atoms with Gasteiger partial charge in [0.05, 0.1) is 6.61 Å². The summed E-state index contributed by atoms with van der Waals surface area (Å²) >= 11 is 0. The quantitative estimate of drug-likeness (QED) is 0.612. The summed E-state index contributed by atoms with van der Waals surface area (Å²) in [6.45, 7) is 0.0474. The Labute approximate surface area is 82.3 Å². The van der Waals surface area contributed by atoms with E-state index in [9.17, 15) is 9.59 Å².